The third-order valence-electron chi connectivity index (χ3n) is 6.72. The van der Waals surface area contributed by atoms with Crippen LogP contribution in [0, 0.1) is 5.82 Å². The molecule has 0 aliphatic carbocycles. The molecule has 1 atom stereocenters. The van der Waals surface area contributed by atoms with E-state index in [0.717, 1.165) is 16.5 Å². The molecule has 5 rings (SSSR count). The highest BCUT2D eigenvalue weighted by molar-refractivity contribution is 5.83. The molecule has 10 heteroatoms. The molecule has 0 aliphatic rings. The smallest absolute Gasteiger partial charge is 0.253 e. The maximum atomic E-state index is 13.6. The van der Waals surface area contributed by atoms with Gasteiger partial charge in [-0.05, 0) is 52.4 Å². The maximum absolute atomic E-state index is 13.6. The molecule has 0 fully saturated rings. The van der Waals surface area contributed by atoms with Crippen LogP contribution in [0.25, 0.3) is 10.9 Å². The van der Waals surface area contributed by atoms with Crippen molar-refractivity contribution in [2.24, 2.45) is 0 Å². The number of nitrogens with zero attached hydrogens (tertiary/aromatic N) is 5. The summed E-state index contributed by atoms with van der Waals surface area (Å²) in [6.07, 6.45) is 0. The van der Waals surface area contributed by atoms with Crippen LogP contribution in [-0.4, -0.2) is 50.9 Å². The Kier molecular flexibility index (Phi) is 7.64. The minimum atomic E-state index is -0.577. The number of nitrogens with one attached hydrogen (secondary N) is 1. The predicted molar refractivity (Wildman–Crippen MR) is 145 cm³/mol. The average Bonchev–Trinajstić information content (AvgIpc) is 3.41. The SMILES string of the molecule is CCN(Cc1ccccc1)[C@@H](c1cc2cc(OC)c(OC)cc2[nH]c1=O)c1nnnn1Cc1ccc(F)cc1. The summed E-state index contributed by atoms with van der Waals surface area (Å²) in [6, 6.07) is 21.1. The maximum Gasteiger partial charge on any atom is 0.253 e. The van der Waals surface area contributed by atoms with E-state index in [9.17, 15) is 9.18 Å². The van der Waals surface area contributed by atoms with Crippen molar-refractivity contribution in [1.29, 1.82) is 0 Å². The Hall–Kier alpha value is -4.57. The van der Waals surface area contributed by atoms with Gasteiger partial charge in [0.15, 0.2) is 17.3 Å². The van der Waals surface area contributed by atoms with Gasteiger partial charge in [0.05, 0.1) is 26.3 Å². The zero-order valence-electron chi connectivity index (χ0n) is 22.0. The number of aromatic amines is 1. The van der Waals surface area contributed by atoms with Crippen molar-refractivity contribution < 1.29 is 13.9 Å². The highest BCUT2D eigenvalue weighted by Crippen LogP contribution is 2.33. The molecular weight excluding hydrogens is 499 g/mol. The molecular formula is C29H29FN6O3. The number of tetrazole rings is 1. The van der Waals surface area contributed by atoms with Crippen molar-refractivity contribution in [3.05, 3.63) is 111 Å². The van der Waals surface area contributed by atoms with Gasteiger partial charge in [-0.25, -0.2) is 9.07 Å². The second-order valence-corrected chi connectivity index (χ2v) is 9.12. The van der Waals surface area contributed by atoms with Gasteiger partial charge in [-0.1, -0.05) is 49.4 Å². The van der Waals surface area contributed by atoms with E-state index in [1.807, 2.05) is 49.4 Å². The fourth-order valence-electron chi connectivity index (χ4n) is 4.74. The predicted octanol–water partition coefficient (Wildman–Crippen LogP) is 4.33. The van der Waals surface area contributed by atoms with Gasteiger partial charge in [-0.3, -0.25) is 9.69 Å². The lowest BCUT2D eigenvalue weighted by molar-refractivity contribution is 0.214. The largest absolute Gasteiger partial charge is 0.493 e. The monoisotopic (exact) mass is 528 g/mol. The molecule has 0 saturated heterocycles. The molecule has 0 amide bonds. The van der Waals surface area contributed by atoms with Gasteiger partial charge in [-0.15, -0.1) is 5.10 Å². The Balaban J connectivity index is 1.65. The van der Waals surface area contributed by atoms with Gasteiger partial charge >= 0.3 is 0 Å². The first-order valence-electron chi connectivity index (χ1n) is 12.6. The minimum Gasteiger partial charge on any atom is -0.493 e. The lowest BCUT2D eigenvalue weighted by atomic mass is 10.0. The number of benzene rings is 3. The summed E-state index contributed by atoms with van der Waals surface area (Å²) < 4.78 is 26.1. The van der Waals surface area contributed by atoms with E-state index >= 15 is 0 Å². The Labute approximate surface area is 224 Å². The third-order valence-corrected chi connectivity index (χ3v) is 6.72. The number of hydrogen-bond acceptors (Lipinski definition) is 7. The van der Waals surface area contributed by atoms with Gasteiger partial charge in [0, 0.05) is 23.6 Å². The van der Waals surface area contributed by atoms with Crippen LogP contribution in [0.5, 0.6) is 11.5 Å². The fraction of sp³-hybridized carbons (Fsp3) is 0.241. The number of hydrogen-bond donors (Lipinski definition) is 1. The van der Waals surface area contributed by atoms with E-state index < -0.39 is 6.04 Å². The topological polar surface area (TPSA) is 98.2 Å². The second-order valence-electron chi connectivity index (χ2n) is 9.12. The van der Waals surface area contributed by atoms with Crippen molar-refractivity contribution in [1.82, 2.24) is 30.1 Å². The highest BCUT2D eigenvalue weighted by Gasteiger charge is 2.30. The summed E-state index contributed by atoms with van der Waals surface area (Å²) >= 11 is 0. The van der Waals surface area contributed by atoms with E-state index in [1.54, 1.807) is 37.1 Å². The normalized spacial score (nSPS) is 12.1. The summed E-state index contributed by atoms with van der Waals surface area (Å²) in [4.78, 5) is 18.8. The summed E-state index contributed by atoms with van der Waals surface area (Å²) in [5, 5.41) is 13.4. The first-order valence-corrected chi connectivity index (χ1v) is 12.6. The Morgan fingerprint density at radius 1 is 0.974 bits per heavy atom. The van der Waals surface area contributed by atoms with Gasteiger partial charge in [0.2, 0.25) is 0 Å². The van der Waals surface area contributed by atoms with Crippen molar-refractivity contribution in [3.63, 3.8) is 0 Å². The van der Waals surface area contributed by atoms with Gasteiger partial charge < -0.3 is 14.5 Å². The van der Waals surface area contributed by atoms with E-state index in [-0.39, 0.29) is 11.4 Å². The molecule has 0 bridgehead atoms. The van der Waals surface area contributed by atoms with Gasteiger partial charge in [0.1, 0.15) is 11.9 Å². The number of aromatic nitrogens is 5. The van der Waals surface area contributed by atoms with Crippen molar-refractivity contribution >= 4 is 10.9 Å². The summed E-state index contributed by atoms with van der Waals surface area (Å²) in [5.74, 6) is 1.26. The van der Waals surface area contributed by atoms with E-state index in [2.05, 4.69) is 25.4 Å². The lowest BCUT2D eigenvalue weighted by Gasteiger charge is -2.30. The molecule has 0 saturated carbocycles. The molecule has 1 N–H and O–H groups in total. The molecule has 3 aromatic carbocycles. The fourth-order valence-corrected chi connectivity index (χ4v) is 4.74. The number of ether oxygens (including phenoxy) is 2. The zero-order chi connectivity index (χ0) is 27.4. The molecule has 0 aliphatic heterocycles. The van der Waals surface area contributed by atoms with Gasteiger partial charge in [0.25, 0.3) is 5.56 Å². The lowest BCUT2D eigenvalue weighted by Crippen LogP contribution is -2.35. The molecule has 200 valence electrons. The molecule has 0 radical (unpaired) electrons. The number of rotatable bonds is 10. The number of methoxy groups -OCH3 is 2. The minimum absolute atomic E-state index is 0.262. The number of halogens is 1. The van der Waals surface area contributed by atoms with E-state index in [0.29, 0.717) is 48.0 Å². The highest BCUT2D eigenvalue weighted by atomic mass is 19.1. The standard InChI is InChI=1S/C29H29FN6O3/c1-4-35(17-19-8-6-5-7-9-19)27(28-32-33-34-36(28)18-20-10-12-22(30)13-11-20)23-14-21-15-25(38-2)26(39-3)16-24(21)31-29(23)37/h5-16,27H,4,17-18H2,1-3H3,(H,31,37)/t27-/m0/s1. The van der Waals surface area contributed by atoms with Crippen LogP contribution in [0.3, 0.4) is 0 Å². The molecule has 5 aromatic rings. The van der Waals surface area contributed by atoms with Crippen LogP contribution in [0.1, 0.15) is 35.5 Å². The van der Waals surface area contributed by atoms with Crippen LogP contribution in [0.15, 0.2) is 77.6 Å². The molecule has 9 nitrogen and oxygen atoms in total. The van der Waals surface area contributed by atoms with E-state index in [1.165, 1.54) is 12.1 Å². The molecule has 0 unspecified atom stereocenters. The van der Waals surface area contributed by atoms with Crippen LogP contribution in [0.2, 0.25) is 0 Å². The molecule has 2 aromatic heterocycles. The molecule has 2 heterocycles. The first kappa shape index (κ1) is 26.1. The van der Waals surface area contributed by atoms with E-state index in [4.69, 9.17) is 9.47 Å². The van der Waals surface area contributed by atoms with Crippen molar-refractivity contribution in [2.45, 2.75) is 26.1 Å². The molecule has 39 heavy (non-hydrogen) atoms. The average molecular weight is 529 g/mol. The number of pyridine rings is 1. The third kappa shape index (κ3) is 5.51. The van der Waals surface area contributed by atoms with Crippen molar-refractivity contribution in [2.75, 3.05) is 20.8 Å². The Morgan fingerprint density at radius 2 is 1.69 bits per heavy atom. The Morgan fingerprint density at radius 3 is 2.38 bits per heavy atom. The van der Waals surface area contributed by atoms with Gasteiger partial charge in [-0.2, -0.15) is 0 Å². The Bertz CT molecular complexity index is 1620. The van der Waals surface area contributed by atoms with Crippen LogP contribution >= 0.6 is 0 Å². The number of H-pyrrole nitrogens is 1. The summed E-state index contributed by atoms with van der Waals surface area (Å²) in [7, 11) is 3.12. The summed E-state index contributed by atoms with van der Waals surface area (Å²) in [5.41, 5.74) is 2.77. The second kappa shape index (κ2) is 11.4. The zero-order valence-corrected chi connectivity index (χ0v) is 22.0. The van der Waals surface area contributed by atoms with Crippen LogP contribution < -0.4 is 15.0 Å². The van der Waals surface area contributed by atoms with Crippen LogP contribution in [0.4, 0.5) is 4.39 Å². The first-order chi connectivity index (χ1) is 19.0. The molecule has 0 spiro atoms. The quantitative estimate of drug-likeness (QED) is 0.288. The van der Waals surface area contributed by atoms with Crippen molar-refractivity contribution in [3.8, 4) is 11.5 Å². The number of fused-ring (bicyclic) bond motifs is 1. The van der Waals surface area contributed by atoms with Crippen LogP contribution in [-0.2, 0) is 13.1 Å². The summed E-state index contributed by atoms with van der Waals surface area (Å²) in [6.45, 7) is 3.53.